The first kappa shape index (κ1) is 21.0. The predicted octanol–water partition coefficient (Wildman–Crippen LogP) is 4.08. The number of nitrogens with one attached hydrogen (secondary N) is 1. The summed E-state index contributed by atoms with van der Waals surface area (Å²) in [5, 5.41) is 8.94. The summed E-state index contributed by atoms with van der Waals surface area (Å²) in [6.45, 7) is 5.74. The fourth-order valence-corrected chi connectivity index (χ4v) is 3.37. The van der Waals surface area contributed by atoms with E-state index in [-0.39, 0.29) is 18.1 Å². The molecule has 9 heteroatoms. The zero-order valence-electron chi connectivity index (χ0n) is 16.3. The van der Waals surface area contributed by atoms with Gasteiger partial charge in [0.25, 0.3) is 5.91 Å². The Bertz CT molecular complexity index is 951. The van der Waals surface area contributed by atoms with Crippen LogP contribution >= 0.6 is 23.1 Å². The maximum atomic E-state index is 13.3. The van der Waals surface area contributed by atoms with Gasteiger partial charge < -0.3 is 14.6 Å². The molecule has 0 saturated carbocycles. The predicted molar refractivity (Wildman–Crippen MR) is 111 cm³/mol. The van der Waals surface area contributed by atoms with Gasteiger partial charge in [0.05, 0.1) is 12.8 Å². The number of aromatic nitrogens is 2. The fourth-order valence-electron chi connectivity index (χ4n) is 2.81. The van der Waals surface area contributed by atoms with Crippen molar-refractivity contribution in [2.75, 3.05) is 0 Å². The van der Waals surface area contributed by atoms with Gasteiger partial charge in [-0.3, -0.25) is 9.59 Å². The topological polar surface area (TPSA) is 88.3 Å². The van der Waals surface area contributed by atoms with Crippen LogP contribution in [-0.4, -0.2) is 31.8 Å². The number of carbonyl (C=O) groups excluding carboxylic acids is 2. The smallest absolute Gasteiger partial charge is 0.276 e. The minimum atomic E-state index is -0.911. The highest BCUT2D eigenvalue weighted by Gasteiger charge is 2.35. The van der Waals surface area contributed by atoms with E-state index >= 15 is 0 Å². The number of rotatable bonds is 6. The number of amides is 2. The number of hydrogen-bond acceptors (Lipinski definition) is 6. The van der Waals surface area contributed by atoms with Crippen molar-refractivity contribution in [3.05, 3.63) is 70.1 Å². The monoisotopic (exact) mass is 432 g/mol. The maximum Gasteiger partial charge on any atom is 0.276 e. The number of nitrogens with zero attached hydrogens (tertiary/aromatic N) is 3. The first-order chi connectivity index (χ1) is 13.7. The average Bonchev–Trinajstić information content (AvgIpc) is 3.34. The van der Waals surface area contributed by atoms with Gasteiger partial charge >= 0.3 is 0 Å². The summed E-state index contributed by atoms with van der Waals surface area (Å²) >= 11 is 7.10. The highest BCUT2D eigenvalue weighted by atomic mass is 35.5. The van der Waals surface area contributed by atoms with Crippen molar-refractivity contribution >= 4 is 34.9 Å². The molecule has 0 bridgehead atoms. The summed E-state index contributed by atoms with van der Waals surface area (Å²) in [7, 11) is 0. The molecular weight excluding hydrogens is 412 g/mol. The first-order valence-electron chi connectivity index (χ1n) is 8.92. The lowest BCUT2D eigenvalue weighted by atomic mass is 10.0. The molecule has 152 valence electrons. The summed E-state index contributed by atoms with van der Waals surface area (Å²) < 4.78 is 9.21. The van der Waals surface area contributed by atoms with Crippen LogP contribution in [0.25, 0.3) is 0 Å². The van der Waals surface area contributed by atoms with Crippen molar-refractivity contribution in [2.24, 2.45) is 0 Å². The Labute approximate surface area is 177 Å². The summed E-state index contributed by atoms with van der Waals surface area (Å²) in [5.41, 5.74) is 0.312. The fraction of sp³-hybridized carbons (Fsp3) is 0.300. The van der Waals surface area contributed by atoms with Crippen molar-refractivity contribution in [2.45, 2.75) is 38.9 Å². The van der Waals surface area contributed by atoms with Crippen molar-refractivity contribution in [1.29, 1.82) is 0 Å². The molecule has 0 aliphatic carbocycles. The SMILES string of the molecule is CC(C)(C)NC(=O)C(c1ccc(Cl)cc1)N(Cc1ccco1)C(=O)c1csnn1. The first-order valence-corrected chi connectivity index (χ1v) is 10.1. The number of benzene rings is 1. The highest BCUT2D eigenvalue weighted by Crippen LogP contribution is 2.27. The molecule has 1 atom stereocenters. The van der Waals surface area contributed by atoms with Crippen LogP contribution in [0, 0.1) is 0 Å². The number of hydrogen-bond donors (Lipinski definition) is 1. The van der Waals surface area contributed by atoms with E-state index in [9.17, 15) is 9.59 Å². The van der Waals surface area contributed by atoms with E-state index in [1.807, 2.05) is 20.8 Å². The van der Waals surface area contributed by atoms with Gasteiger partial charge in [0.2, 0.25) is 5.91 Å². The second-order valence-electron chi connectivity index (χ2n) is 7.50. The summed E-state index contributed by atoms with van der Waals surface area (Å²) in [6.07, 6.45) is 1.52. The van der Waals surface area contributed by atoms with Crippen LogP contribution in [0.2, 0.25) is 5.02 Å². The number of carbonyl (C=O) groups is 2. The Morgan fingerprint density at radius 3 is 2.52 bits per heavy atom. The molecule has 2 heterocycles. The van der Waals surface area contributed by atoms with Crippen molar-refractivity contribution < 1.29 is 14.0 Å². The van der Waals surface area contributed by atoms with Gasteiger partial charge in [0, 0.05) is 15.9 Å². The number of furan rings is 1. The van der Waals surface area contributed by atoms with Crippen LogP contribution in [0.3, 0.4) is 0 Å². The van der Waals surface area contributed by atoms with E-state index in [0.717, 1.165) is 11.5 Å². The third-order valence-corrected chi connectivity index (χ3v) is 4.75. The second kappa shape index (κ2) is 8.75. The molecule has 0 aliphatic rings. The normalized spacial score (nSPS) is 12.4. The summed E-state index contributed by atoms with van der Waals surface area (Å²) in [5.74, 6) is -0.189. The zero-order valence-corrected chi connectivity index (χ0v) is 17.8. The average molecular weight is 433 g/mol. The molecule has 1 N–H and O–H groups in total. The molecule has 1 unspecified atom stereocenters. The molecule has 0 fully saturated rings. The van der Waals surface area contributed by atoms with Crippen molar-refractivity contribution in [3.8, 4) is 0 Å². The van der Waals surface area contributed by atoms with Gasteiger partial charge in [-0.1, -0.05) is 28.2 Å². The lowest BCUT2D eigenvalue weighted by Crippen LogP contribution is -2.49. The van der Waals surface area contributed by atoms with Crippen LogP contribution in [-0.2, 0) is 11.3 Å². The number of halogens is 1. The molecular formula is C20H21ClN4O3S. The quantitative estimate of drug-likeness (QED) is 0.633. The lowest BCUT2D eigenvalue weighted by molar-refractivity contribution is -0.127. The Morgan fingerprint density at radius 2 is 1.97 bits per heavy atom. The van der Waals surface area contributed by atoms with Crippen LogP contribution < -0.4 is 5.32 Å². The molecule has 2 amide bonds. The standard InChI is InChI=1S/C20H21ClN4O3S/c1-20(2,3)22-18(26)17(13-6-8-14(21)9-7-13)25(11-15-5-4-10-28-15)19(27)16-12-29-24-23-16/h4-10,12,17H,11H2,1-3H3,(H,22,26). The van der Waals surface area contributed by atoms with Gasteiger partial charge in [-0.2, -0.15) is 0 Å². The molecule has 29 heavy (non-hydrogen) atoms. The molecule has 0 saturated heterocycles. The Morgan fingerprint density at radius 1 is 1.24 bits per heavy atom. The van der Waals surface area contributed by atoms with Crippen LogP contribution in [0.15, 0.2) is 52.5 Å². The molecule has 3 rings (SSSR count). The molecule has 0 aliphatic heterocycles. The Balaban J connectivity index is 2.06. The molecule has 1 aromatic carbocycles. The van der Waals surface area contributed by atoms with E-state index in [1.165, 1.54) is 11.2 Å². The van der Waals surface area contributed by atoms with E-state index in [1.54, 1.807) is 41.8 Å². The molecule has 2 aromatic heterocycles. The van der Waals surface area contributed by atoms with Gasteiger partial charge in [-0.15, -0.1) is 5.10 Å². The van der Waals surface area contributed by atoms with Gasteiger partial charge in [0.1, 0.15) is 11.8 Å². The Hall–Kier alpha value is -2.71. The molecule has 7 nitrogen and oxygen atoms in total. The Kier molecular flexibility index (Phi) is 6.34. The third kappa shape index (κ3) is 5.42. The summed E-state index contributed by atoms with van der Waals surface area (Å²) in [4.78, 5) is 28.0. The van der Waals surface area contributed by atoms with E-state index in [0.29, 0.717) is 16.3 Å². The van der Waals surface area contributed by atoms with E-state index in [2.05, 4.69) is 14.9 Å². The van der Waals surface area contributed by atoms with Crippen LogP contribution in [0.5, 0.6) is 0 Å². The molecule has 3 aromatic rings. The van der Waals surface area contributed by atoms with Gasteiger partial charge in [0.15, 0.2) is 5.69 Å². The highest BCUT2D eigenvalue weighted by molar-refractivity contribution is 7.03. The van der Waals surface area contributed by atoms with E-state index < -0.39 is 17.5 Å². The molecule has 0 spiro atoms. The van der Waals surface area contributed by atoms with Crippen molar-refractivity contribution in [3.63, 3.8) is 0 Å². The molecule has 0 radical (unpaired) electrons. The van der Waals surface area contributed by atoms with Gasteiger partial charge in [-0.05, 0) is 62.1 Å². The minimum absolute atomic E-state index is 0.0915. The second-order valence-corrected chi connectivity index (χ2v) is 8.54. The largest absolute Gasteiger partial charge is 0.467 e. The third-order valence-electron chi connectivity index (χ3n) is 3.99. The van der Waals surface area contributed by atoms with Crippen LogP contribution in [0.1, 0.15) is 48.6 Å². The van der Waals surface area contributed by atoms with E-state index in [4.69, 9.17) is 16.0 Å². The lowest BCUT2D eigenvalue weighted by Gasteiger charge is -2.32. The maximum absolute atomic E-state index is 13.3. The minimum Gasteiger partial charge on any atom is -0.467 e. The zero-order chi connectivity index (χ0) is 21.0. The van der Waals surface area contributed by atoms with Crippen LogP contribution in [0.4, 0.5) is 0 Å². The summed E-state index contributed by atoms with van der Waals surface area (Å²) in [6, 6.07) is 9.41. The van der Waals surface area contributed by atoms with Crippen molar-refractivity contribution in [1.82, 2.24) is 19.8 Å². The van der Waals surface area contributed by atoms with Gasteiger partial charge in [-0.25, -0.2) is 0 Å².